The number of amides is 1. The van der Waals surface area contributed by atoms with Crippen molar-refractivity contribution in [1.82, 2.24) is 9.99 Å². The van der Waals surface area contributed by atoms with Crippen molar-refractivity contribution in [2.24, 2.45) is 5.10 Å². The maximum Gasteiger partial charge on any atom is 0.303 e. The fourth-order valence-corrected chi connectivity index (χ4v) is 4.12. The van der Waals surface area contributed by atoms with Crippen LogP contribution in [-0.2, 0) is 9.59 Å². The van der Waals surface area contributed by atoms with E-state index >= 15 is 0 Å². The maximum atomic E-state index is 13.0. The molecule has 1 aromatic heterocycles. The number of carboxylic acids is 1. The number of aromatic nitrogens is 1. The summed E-state index contributed by atoms with van der Waals surface area (Å²) < 4.78 is 10.7. The third-order valence-corrected chi connectivity index (χ3v) is 5.79. The molecule has 3 aromatic rings. The van der Waals surface area contributed by atoms with Crippen molar-refractivity contribution in [2.75, 3.05) is 14.2 Å². The third-order valence-electron chi connectivity index (χ3n) is 5.49. The topological polar surface area (TPSA) is 101 Å². The largest absolute Gasteiger partial charge is 0.497 e. The Morgan fingerprint density at radius 3 is 2.64 bits per heavy atom. The number of hydrazone groups is 1. The van der Waals surface area contributed by atoms with E-state index in [0.29, 0.717) is 34.7 Å². The number of carbonyl (C=O) groups excluding carboxylic acids is 1. The van der Waals surface area contributed by atoms with E-state index < -0.39 is 17.9 Å². The Labute approximate surface area is 195 Å². The molecule has 0 fully saturated rings. The maximum absolute atomic E-state index is 13.0. The van der Waals surface area contributed by atoms with E-state index in [1.807, 2.05) is 42.5 Å². The number of methoxy groups -OCH3 is 2. The van der Waals surface area contributed by atoms with E-state index in [0.717, 1.165) is 10.9 Å². The highest BCUT2D eigenvalue weighted by Gasteiger charge is 2.35. The van der Waals surface area contributed by atoms with Crippen LogP contribution in [-0.4, -0.2) is 46.9 Å². The van der Waals surface area contributed by atoms with E-state index in [1.54, 1.807) is 20.3 Å². The number of fused-ring (bicyclic) bond motifs is 1. The molecule has 0 saturated carbocycles. The zero-order chi connectivity index (χ0) is 23.5. The molecule has 0 spiro atoms. The first-order valence-electron chi connectivity index (χ1n) is 10.3. The summed E-state index contributed by atoms with van der Waals surface area (Å²) in [4.78, 5) is 28.5. The molecule has 33 heavy (non-hydrogen) atoms. The minimum absolute atomic E-state index is 0.173. The number of nitrogens with zero attached hydrogens (tertiary/aromatic N) is 3. The lowest BCUT2D eigenvalue weighted by atomic mass is 9.98. The van der Waals surface area contributed by atoms with Gasteiger partial charge in [-0.3, -0.25) is 9.59 Å². The summed E-state index contributed by atoms with van der Waals surface area (Å²) in [7, 11) is 3.14. The second-order valence-electron chi connectivity index (χ2n) is 7.53. The van der Waals surface area contributed by atoms with E-state index in [-0.39, 0.29) is 18.0 Å². The Kier molecular flexibility index (Phi) is 6.46. The molecule has 0 aliphatic carbocycles. The molecule has 0 saturated heterocycles. The summed E-state index contributed by atoms with van der Waals surface area (Å²) >= 11 is 6.58. The van der Waals surface area contributed by atoms with Gasteiger partial charge in [0, 0.05) is 29.4 Å². The number of hydrogen-bond acceptors (Lipinski definition) is 6. The number of pyridine rings is 1. The number of halogens is 1. The zero-order valence-electron chi connectivity index (χ0n) is 18.1. The quantitative estimate of drug-likeness (QED) is 0.515. The van der Waals surface area contributed by atoms with Gasteiger partial charge >= 0.3 is 5.97 Å². The van der Waals surface area contributed by atoms with Gasteiger partial charge in [0.05, 0.1) is 32.4 Å². The van der Waals surface area contributed by atoms with Gasteiger partial charge in [-0.25, -0.2) is 9.99 Å². The van der Waals surface area contributed by atoms with Crippen molar-refractivity contribution in [1.29, 1.82) is 0 Å². The molecule has 2 heterocycles. The Balaban J connectivity index is 1.76. The SMILES string of the molecule is COc1cccc(C2=NN(C(=O)CCC(=O)O)C(c3cc4cccc(OC)c4nc3Cl)C2)c1. The van der Waals surface area contributed by atoms with E-state index in [2.05, 4.69) is 10.1 Å². The average molecular weight is 468 g/mol. The summed E-state index contributed by atoms with van der Waals surface area (Å²) in [6.45, 7) is 0. The number of carboxylic acid groups (broad SMARTS) is 1. The van der Waals surface area contributed by atoms with Crippen LogP contribution in [0.4, 0.5) is 0 Å². The van der Waals surface area contributed by atoms with Gasteiger partial charge in [0.2, 0.25) is 5.91 Å². The van der Waals surface area contributed by atoms with E-state index in [4.69, 9.17) is 26.2 Å². The lowest BCUT2D eigenvalue weighted by Crippen LogP contribution is -2.27. The lowest BCUT2D eigenvalue weighted by Gasteiger charge is -2.23. The van der Waals surface area contributed by atoms with Crippen molar-refractivity contribution in [2.45, 2.75) is 25.3 Å². The summed E-state index contributed by atoms with van der Waals surface area (Å²) in [5.74, 6) is -0.189. The molecule has 1 aliphatic heterocycles. The monoisotopic (exact) mass is 467 g/mol. The molecule has 8 nitrogen and oxygen atoms in total. The summed E-state index contributed by atoms with van der Waals surface area (Å²) in [6.07, 6.45) is -0.0665. The second kappa shape index (κ2) is 9.46. The van der Waals surface area contributed by atoms with Gasteiger partial charge in [0.1, 0.15) is 22.2 Å². The summed E-state index contributed by atoms with van der Waals surface area (Å²) in [5, 5.41) is 16.0. The minimum atomic E-state index is -1.05. The number of para-hydroxylation sites is 1. The predicted octanol–water partition coefficient (Wildman–Crippen LogP) is 4.45. The van der Waals surface area contributed by atoms with E-state index in [1.165, 1.54) is 5.01 Å². The van der Waals surface area contributed by atoms with Crippen molar-refractivity contribution in [3.8, 4) is 11.5 Å². The fraction of sp³-hybridized carbons (Fsp3) is 0.250. The fourth-order valence-electron chi connectivity index (χ4n) is 3.85. The smallest absolute Gasteiger partial charge is 0.303 e. The number of aliphatic carboxylic acids is 1. The van der Waals surface area contributed by atoms with Crippen LogP contribution >= 0.6 is 11.6 Å². The summed E-state index contributed by atoms with van der Waals surface area (Å²) in [6, 6.07) is 14.3. The molecular weight excluding hydrogens is 446 g/mol. The van der Waals surface area contributed by atoms with Gasteiger partial charge in [-0.1, -0.05) is 35.9 Å². The standard InChI is InChI=1S/C24H22ClN3O5/c1-32-16-7-3-5-14(11-16)18-13-19(28(27-18)21(29)9-10-22(30)31)17-12-15-6-4-8-20(33-2)23(15)26-24(17)25/h3-8,11-12,19H,9-10,13H2,1-2H3,(H,30,31). The molecule has 0 bridgehead atoms. The first-order chi connectivity index (χ1) is 15.9. The molecule has 1 atom stereocenters. The van der Waals surface area contributed by atoms with Crippen molar-refractivity contribution >= 4 is 40.1 Å². The Morgan fingerprint density at radius 1 is 1.12 bits per heavy atom. The van der Waals surface area contributed by atoms with Crippen LogP contribution in [0.3, 0.4) is 0 Å². The Morgan fingerprint density at radius 2 is 1.91 bits per heavy atom. The van der Waals surface area contributed by atoms with E-state index in [9.17, 15) is 9.59 Å². The molecule has 1 amide bonds. The zero-order valence-corrected chi connectivity index (χ0v) is 18.9. The molecular formula is C24H22ClN3O5. The molecule has 1 aliphatic rings. The van der Waals surface area contributed by atoms with Crippen LogP contribution in [0.25, 0.3) is 10.9 Å². The Bertz CT molecular complexity index is 1260. The van der Waals surface area contributed by atoms with Gasteiger partial charge < -0.3 is 14.6 Å². The van der Waals surface area contributed by atoms with Gasteiger partial charge in [-0.2, -0.15) is 5.10 Å². The lowest BCUT2D eigenvalue weighted by molar-refractivity contribution is -0.141. The third kappa shape index (κ3) is 4.61. The van der Waals surface area contributed by atoms with Gasteiger partial charge in [-0.05, 0) is 24.3 Å². The van der Waals surface area contributed by atoms with Gasteiger partial charge in [0.15, 0.2) is 0 Å². The number of benzene rings is 2. The molecule has 4 rings (SSSR count). The average Bonchev–Trinajstić information content (AvgIpc) is 3.27. The first-order valence-corrected chi connectivity index (χ1v) is 10.7. The number of rotatable bonds is 7. The van der Waals surface area contributed by atoms with Crippen LogP contribution < -0.4 is 9.47 Å². The molecule has 0 radical (unpaired) electrons. The number of ether oxygens (including phenoxy) is 2. The number of carbonyl (C=O) groups is 2. The van der Waals surface area contributed by atoms with Crippen molar-refractivity contribution in [3.05, 3.63) is 64.8 Å². The molecule has 2 aromatic carbocycles. The first kappa shape index (κ1) is 22.5. The van der Waals surface area contributed by atoms with Crippen LogP contribution in [0.5, 0.6) is 11.5 Å². The molecule has 1 N–H and O–H groups in total. The van der Waals surface area contributed by atoms with Crippen LogP contribution in [0, 0.1) is 0 Å². The number of hydrogen-bond donors (Lipinski definition) is 1. The highest BCUT2D eigenvalue weighted by atomic mass is 35.5. The van der Waals surface area contributed by atoms with Crippen molar-refractivity contribution < 1.29 is 24.2 Å². The molecule has 1 unspecified atom stereocenters. The molecule has 9 heteroatoms. The van der Waals surface area contributed by atoms with Gasteiger partial charge in [0.25, 0.3) is 0 Å². The van der Waals surface area contributed by atoms with Crippen LogP contribution in [0.1, 0.15) is 36.4 Å². The predicted molar refractivity (Wildman–Crippen MR) is 124 cm³/mol. The van der Waals surface area contributed by atoms with Crippen molar-refractivity contribution in [3.63, 3.8) is 0 Å². The highest BCUT2D eigenvalue weighted by Crippen LogP contribution is 2.39. The Hall–Kier alpha value is -3.65. The van der Waals surface area contributed by atoms with Gasteiger partial charge in [-0.15, -0.1) is 0 Å². The molecule has 170 valence electrons. The van der Waals surface area contributed by atoms with Crippen LogP contribution in [0.15, 0.2) is 53.6 Å². The summed E-state index contributed by atoms with van der Waals surface area (Å²) in [5.41, 5.74) is 2.72. The second-order valence-corrected chi connectivity index (χ2v) is 7.89. The highest BCUT2D eigenvalue weighted by molar-refractivity contribution is 6.30. The minimum Gasteiger partial charge on any atom is -0.497 e. The van der Waals surface area contributed by atoms with Crippen LogP contribution in [0.2, 0.25) is 5.15 Å². The normalized spacial score (nSPS) is 15.4.